The van der Waals surface area contributed by atoms with Crippen LogP contribution < -0.4 is 5.32 Å². The van der Waals surface area contributed by atoms with Crippen LogP contribution in [0.4, 0.5) is 5.69 Å². The lowest BCUT2D eigenvalue weighted by atomic mass is 10.1. The number of benzene rings is 1. The van der Waals surface area contributed by atoms with E-state index in [2.05, 4.69) is 5.32 Å². The molecule has 0 aliphatic carbocycles. The molecular formula is C16H21ClN2O3. The van der Waals surface area contributed by atoms with Crippen molar-refractivity contribution in [1.29, 1.82) is 0 Å². The van der Waals surface area contributed by atoms with Gasteiger partial charge >= 0.3 is 0 Å². The largest absolute Gasteiger partial charge is 0.362 e. The smallest absolute Gasteiger partial charge is 0.250 e. The van der Waals surface area contributed by atoms with E-state index < -0.39 is 0 Å². The van der Waals surface area contributed by atoms with Crippen molar-refractivity contribution in [3.8, 4) is 0 Å². The van der Waals surface area contributed by atoms with Crippen molar-refractivity contribution in [1.82, 2.24) is 4.90 Å². The van der Waals surface area contributed by atoms with Gasteiger partial charge in [-0.2, -0.15) is 0 Å². The second-order valence-electron chi connectivity index (χ2n) is 5.45. The summed E-state index contributed by atoms with van der Waals surface area (Å²) in [6.07, 6.45) is 3.26. The normalized spacial score (nSPS) is 14.7. The van der Waals surface area contributed by atoms with E-state index in [9.17, 15) is 9.59 Å². The van der Waals surface area contributed by atoms with Crippen molar-refractivity contribution in [2.75, 3.05) is 31.6 Å². The van der Waals surface area contributed by atoms with Crippen molar-refractivity contribution in [2.45, 2.75) is 26.2 Å². The summed E-state index contributed by atoms with van der Waals surface area (Å²) in [4.78, 5) is 25.4. The number of hydrogen-bond donors (Lipinski definition) is 1. The van der Waals surface area contributed by atoms with Gasteiger partial charge in [0.25, 0.3) is 0 Å². The molecule has 6 heteroatoms. The van der Waals surface area contributed by atoms with E-state index in [0.29, 0.717) is 10.7 Å². The number of likely N-dealkylation sites (tertiary alicyclic amines) is 1. The summed E-state index contributed by atoms with van der Waals surface area (Å²) in [5.74, 6) is -0.350. The number of amides is 2. The molecule has 0 saturated carbocycles. The zero-order valence-electron chi connectivity index (χ0n) is 12.7. The van der Waals surface area contributed by atoms with Gasteiger partial charge in [-0.15, -0.1) is 0 Å². The Kier molecular flexibility index (Phi) is 6.21. The predicted octanol–water partition coefficient (Wildman–Crippen LogP) is 2.62. The number of hydrogen-bond acceptors (Lipinski definition) is 3. The third-order valence-electron chi connectivity index (χ3n) is 3.62. The minimum atomic E-state index is -0.300. The van der Waals surface area contributed by atoms with Crippen molar-refractivity contribution in [3.05, 3.63) is 28.8 Å². The van der Waals surface area contributed by atoms with Crippen LogP contribution in [-0.2, 0) is 14.3 Å². The van der Waals surface area contributed by atoms with Gasteiger partial charge in [0.2, 0.25) is 11.8 Å². The maximum Gasteiger partial charge on any atom is 0.250 e. The van der Waals surface area contributed by atoms with Gasteiger partial charge in [0.15, 0.2) is 0 Å². The van der Waals surface area contributed by atoms with E-state index >= 15 is 0 Å². The molecule has 1 heterocycles. The quantitative estimate of drug-likeness (QED) is 0.905. The molecule has 0 bridgehead atoms. The number of nitrogens with zero attached hydrogens (tertiary/aromatic N) is 1. The van der Waals surface area contributed by atoms with Crippen molar-refractivity contribution in [3.63, 3.8) is 0 Å². The van der Waals surface area contributed by atoms with Crippen molar-refractivity contribution >= 4 is 29.1 Å². The van der Waals surface area contributed by atoms with Gasteiger partial charge in [-0.05, 0) is 43.9 Å². The molecule has 0 atom stereocenters. The molecule has 0 aromatic heterocycles. The van der Waals surface area contributed by atoms with Crippen LogP contribution in [0, 0.1) is 6.92 Å². The summed E-state index contributed by atoms with van der Waals surface area (Å²) in [5, 5.41) is 3.29. The maximum absolute atomic E-state index is 11.9. The van der Waals surface area contributed by atoms with Crippen LogP contribution in [0.1, 0.15) is 24.8 Å². The number of aryl methyl sites for hydroxylation is 1. The minimum Gasteiger partial charge on any atom is -0.362 e. The maximum atomic E-state index is 11.9. The Bertz CT molecular complexity index is 542. The number of carbonyl (C=O) groups excluding carboxylic acids is 2. The third kappa shape index (κ3) is 5.00. The molecule has 1 aliphatic rings. The molecule has 0 unspecified atom stereocenters. The first-order chi connectivity index (χ1) is 10.6. The topological polar surface area (TPSA) is 58.6 Å². The number of anilines is 1. The van der Waals surface area contributed by atoms with E-state index in [1.54, 1.807) is 17.0 Å². The van der Waals surface area contributed by atoms with Gasteiger partial charge in [-0.3, -0.25) is 9.59 Å². The molecule has 0 spiro atoms. The Hall–Kier alpha value is -1.59. The van der Waals surface area contributed by atoms with Gasteiger partial charge in [-0.1, -0.05) is 17.7 Å². The zero-order valence-corrected chi connectivity index (χ0v) is 13.5. The molecule has 1 aromatic carbocycles. The fourth-order valence-electron chi connectivity index (χ4n) is 2.33. The molecule has 1 saturated heterocycles. The van der Waals surface area contributed by atoms with Gasteiger partial charge < -0.3 is 15.0 Å². The van der Waals surface area contributed by atoms with E-state index in [1.165, 1.54) is 6.42 Å². The Morgan fingerprint density at radius 1 is 1.23 bits per heavy atom. The monoisotopic (exact) mass is 324 g/mol. The summed E-state index contributed by atoms with van der Waals surface area (Å²) in [5.41, 5.74) is 1.56. The Labute approximate surface area is 135 Å². The highest BCUT2D eigenvalue weighted by atomic mass is 35.5. The summed E-state index contributed by atoms with van der Waals surface area (Å²) in [6, 6.07) is 5.30. The number of ether oxygens (including phenoxy) is 1. The first-order valence-corrected chi connectivity index (χ1v) is 7.85. The lowest BCUT2D eigenvalue weighted by Crippen LogP contribution is -2.38. The fraction of sp³-hybridized carbons (Fsp3) is 0.500. The summed E-state index contributed by atoms with van der Waals surface area (Å²) in [7, 11) is 0. The standard InChI is InChI=1S/C16H21ClN2O3/c1-12-5-6-13(9-14(12)17)18-15(20)10-22-11-16(21)19-7-3-2-4-8-19/h5-6,9H,2-4,7-8,10-11H2,1H3,(H,18,20). The van der Waals surface area contributed by atoms with E-state index in [1.807, 2.05) is 13.0 Å². The van der Waals surface area contributed by atoms with Crippen LogP contribution in [0.3, 0.4) is 0 Å². The van der Waals surface area contributed by atoms with Crippen molar-refractivity contribution in [2.24, 2.45) is 0 Å². The summed E-state index contributed by atoms with van der Waals surface area (Å²) >= 11 is 6.00. The highest BCUT2D eigenvalue weighted by molar-refractivity contribution is 6.31. The second-order valence-corrected chi connectivity index (χ2v) is 5.85. The molecule has 22 heavy (non-hydrogen) atoms. The van der Waals surface area contributed by atoms with Crippen LogP contribution in [0.25, 0.3) is 0 Å². The Morgan fingerprint density at radius 3 is 2.64 bits per heavy atom. The molecule has 0 radical (unpaired) electrons. The SMILES string of the molecule is Cc1ccc(NC(=O)COCC(=O)N2CCCCC2)cc1Cl. The fourth-order valence-corrected chi connectivity index (χ4v) is 2.51. The van der Waals surface area contributed by atoms with Crippen LogP contribution >= 0.6 is 11.6 Å². The van der Waals surface area contributed by atoms with Gasteiger partial charge in [-0.25, -0.2) is 0 Å². The number of carbonyl (C=O) groups is 2. The molecule has 1 N–H and O–H groups in total. The molecule has 2 rings (SSSR count). The lowest BCUT2D eigenvalue weighted by molar-refractivity contribution is -0.138. The van der Waals surface area contributed by atoms with E-state index in [-0.39, 0.29) is 25.0 Å². The molecule has 120 valence electrons. The van der Waals surface area contributed by atoms with Crippen LogP contribution in [-0.4, -0.2) is 43.0 Å². The van der Waals surface area contributed by atoms with Gasteiger partial charge in [0.05, 0.1) is 0 Å². The second kappa shape index (κ2) is 8.15. The van der Waals surface area contributed by atoms with Crippen LogP contribution in [0.5, 0.6) is 0 Å². The van der Waals surface area contributed by atoms with Crippen LogP contribution in [0.2, 0.25) is 5.02 Å². The Morgan fingerprint density at radius 2 is 1.95 bits per heavy atom. The highest BCUT2D eigenvalue weighted by Crippen LogP contribution is 2.19. The number of nitrogens with one attached hydrogen (secondary N) is 1. The van der Waals surface area contributed by atoms with E-state index in [0.717, 1.165) is 31.5 Å². The molecule has 1 fully saturated rings. The predicted molar refractivity (Wildman–Crippen MR) is 86.1 cm³/mol. The van der Waals surface area contributed by atoms with Crippen molar-refractivity contribution < 1.29 is 14.3 Å². The van der Waals surface area contributed by atoms with Gasteiger partial charge in [0, 0.05) is 23.8 Å². The Balaban J connectivity index is 1.71. The molecule has 2 amide bonds. The number of piperidine rings is 1. The first kappa shape index (κ1) is 16.8. The zero-order chi connectivity index (χ0) is 15.9. The average Bonchev–Trinajstić information content (AvgIpc) is 2.51. The molecule has 5 nitrogen and oxygen atoms in total. The number of halogens is 1. The average molecular weight is 325 g/mol. The summed E-state index contributed by atoms with van der Waals surface area (Å²) in [6.45, 7) is 3.27. The molecule has 1 aromatic rings. The number of rotatable bonds is 5. The van der Waals surface area contributed by atoms with E-state index in [4.69, 9.17) is 16.3 Å². The third-order valence-corrected chi connectivity index (χ3v) is 4.03. The van der Waals surface area contributed by atoms with Gasteiger partial charge in [0.1, 0.15) is 13.2 Å². The molecular weight excluding hydrogens is 304 g/mol. The first-order valence-electron chi connectivity index (χ1n) is 7.48. The minimum absolute atomic E-state index is 0.0501. The lowest BCUT2D eigenvalue weighted by Gasteiger charge is -2.26. The summed E-state index contributed by atoms with van der Waals surface area (Å²) < 4.78 is 5.20. The van der Waals surface area contributed by atoms with Crippen LogP contribution in [0.15, 0.2) is 18.2 Å². The molecule has 1 aliphatic heterocycles. The highest BCUT2D eigenvalue weighted by Gasteiger charge is 2.16.